The lowest BCUT2D eigenvalue weighted by molar-refractivity contribution is -0.120. The highest BCUT2D eigenvalue weighted by Gasteiger charge is 2.50. The van der Waals surface area contributed by atoms with Crippen molar-refractivity contribution in [3.8, 4) is 0 Å². The minimum Gasteiger partial charge on any atom is -0.348 e. The van der Waals surface area contributed by atoms with Gasteiger partial charge in [0.05, 0.1) is 12.2 Å². The highest BCUT2D eigenvalue weighted by molar-refractivity contribution is 14.1. The van der Waals surface area contributed by atoms with Gasteiger partial charge in [0.15, 0.2) is 4.87 Å². The van der Waals surface area contributed by atoms with Gasteiger partial charge in [0, 0.05) is 49.5 Å². The van der Waals surface area contributed by atoms with E-state index in [1.807, 2.05) is 22.6 Å². The van der Waals surface area contributed by atoms with Crippen LogP contribution in [0.3, 0.4) is 0 Å². The molecule has 0 aliphatic carbocycles. The predicted octanol–water partition coefficient (Wildman–Crippen LogP) is 6.82. The van der Waals surface area contributed by atoms with E-state index in [2.05, 4.69) is 5.32 Å². The smallest absolute Gasteiger partial charge is 0.253 e. The first-order valence-electron chi connectivity index (χ1n) is 10.7. The fraction of sp³-hybridized carbons (Fsp3) is 0.200. The molecule has 0 saturated heterocycles. The lowest BCUT2D eigenvalue weighted by atomic mass is 9.96. The number of benzene rings is 3. The van der Waals surface area contributed by atoms with Gasteiger partial charge in [0.1, 0.15) is 23.3 Å². The molecular formula is C25H17Cl2F4IN2O2. The molecule has 0 bridgehead atoms. The normalized spacial score (nSPS) is 16.9. The van der Waals surface area contributed by atoms with Crippen LogP contribution in [0.2, 0.25) is 5.02 Å². The zero-order chi connectivity index (χ0) is 26.4. The van der Waals surface area contributed by atoms with Crippen LogP contribution in [0.4, 0.5) is 23.2 Å². The van der Waals surface area contributed by atoms with Crippen LogP contribution in [0.1, 0.15) is 40.4 Å². The molecule has 0 saturated carbocycles. The van der Waals surface area contributed by atoms with Crippen LogP contribution in [0.5, 0.6) is 0 Å². The first-order chi connectivity index (χ1) is 17.0. The minimum atomic E-state index is -1.43. The summed E-state index contributed by atoms with van der Waals surface area (Å²) in [7, 11) is 0. The summed E-state index contributed by atoms with van der Waals surface area (Å²) in [6.07, 6.45) is 0.229. The number of nitrogens with zero attached hydrogens (tertiary/aromatic N) is 1. The van der Waals surface area contributed by atoms with Crippen molar-refractivity contribution in [3.63, 3.8) is 0 Å². The van der Waals surface area contributed by atoms with Crippen molar-refractivity contribution in [3.05, 3.63) is 96.6 Å². The number of anilines is 1. The van der Waals surface area contributed by atoms with Crippen LogP contribution >= 0.6 is 45.8 Å². The van der Waals surface area contributed by atoms with E-state index in [9.17, 15) is 27.2 Å². The number of halogens is 7. The van der Waals surface area contributed by atoms with E-state index in [0.717, 1.165) is 0 Å². The van der Waals surface area contributed by atoms with Crippen LogP contribution in [-0.2, 0) is 22.8 Å². The van der Waals surface area contributed by atoms with Gasteiger partial charge in [-0.1, -0.05) is 24.6 Å². The van der Waals surface area contributed by atoms with Gasteiger partial charge in [-0.3, -0.25) is 9.59 Å². The molecule has 1 N–H and O–H groups in total. The molecule has 1 unspecified atom stereocenters. The molecule has 2 amide bonds. The van der Waals surface area contributed by atoms with Crippen molar-refractivity contribution >= 4 is 63.3 Å². The maximum absolute atomic E-state index is 14.5. The van der Waals surface area contributed by atoms with E-state index < -0.39 is 52.1 Å². The zero-order valence-corrected chi connectivity index (χ0v) is 22.2. The highest BCUT2D eigenvalue weighted by atomic mass is 127. The number of hydrogen-bond donors (Lipinski definition) is 1. The van der Waals surface area contributed by atoms with Gasteiger partial charge in [-0.15, -0.1) is 11.6 Å². The summed E-state index contributed by atoms with van der Waals surface area (Å²) < 4.78 is 56.1. The maximum atomic E-state index is 14.5. The lowest BCUT2D eigenvalue weighted by Crippen LogP contribution is -2.36. The molecule has 0 spiro atoms. The molecule has 1 aliphatic rings. The Morgan fingerprint density at radius 2 is 1.72 bits per heavy atom. The van der Waals surface area contributed by atoms with Gasteiger partial charge < -0.3 is 10.2 Å². The van der Waals surface area contributed by atoms with Gasteiger partial charge in [-0.2, -0.15) is 0 Å². The number of nitrogens with one attached hydrogen (secondary N) is 1. The number of alkyl halides is 1. The van der Waals surface area contributed by atoms with Gasteiger partial charge in [0.25, 0.3) is 11.8 Å². The number of amides is 2. The fourth-order valence-electron chi connectivity index (χ4n) is 4.10. The monoisotopic (exact) mass is 650 g/mol. The second-order valence-electron chi connectivity index (χ2n) is 8.13. The molecule has 1 aliphatic heterocycles. The number of hydrogen-bond acceptors (Lipinski definition) is 2. The number of rotatable bonds is 6. The first kappa shape index (κ1) is 26.7. The third-order valence-corrected chi connectivity index (χ3v) is 7.82. The quantitative estimate of drug-likeness (QED) is 0.181. The Balaban J connectivity index is 1.71. The van der Waals surface area contributed by atoms with E-state index in [1.165, 1.54) is 35.2 Å². The number of fused-ring (bicyclic) bond motifs is 1. The van der Waals surface area contributed by atoms with Crippen molar-refractivity contribution in [2.45, 2.75) is 31.3 Å². The van der Waals surface area contributed by atoms with Crippen molar-refractivity contribution in [1.29, 1.82) is 0 Å². The molecule has 188 valence electrons. The van der Waals surface area contributed by atoms with Gasteiger partial charge in [-0.05, 0) is 53.3 Å². The molecule has 3 aromatic rings. The van der Waals surface area contributed by atoms with E-state index in [4.69, 9.17) is 23.2 Å². The van der Waals surface area contributed by atoms with E-state index in [-0.39, 0.29) is 29.1 Å². The Morgan fingerprint density at radius 1 is 1.06 bits per heavy atom. The molecular weight excluding hydrogens is 634 g/mol. The third kappa shape index (κ3) is 4.68. The Hall–Kier alpha value is -2.37. The lowest BCUT2D eigenvalue weighted by Gasteiger charge is -2.22. The molecule has 0 aromatic heterocycles. The molecule has 11 heteroatoms. The van der Waals surface area contributed by atoms with Crippen LogP contribution in [0, 0.1) is 26.8 Å². The van der Waals surface area contributed by atoms with Crippen molar-refractivity contribution < 1.29 is 27.2 Å². The highest BCUT2D eigenvalue weighted by Crippen LogP contribution is 2.50. The average Bonchev–Trinajstić information content (AvgIpc) is 3.02. The largest absolute Gasteiger partial charge is 0.348 e. The number of carbonyl (C=O) groups is 2. The summed E-state index contributed by atoms with van der Waals surface area (Å²) >= 11 is 14.9. The van der Waals surface area contributed by atoms with Gasteiger partial charge in [0.2, 0.25) is 0 Å². The maximum Gasteiger partial charge on any atom is 0.253 e. The average molecular weight is 651 g/mol. The SMILES string of the molecule is CCC1(Cl)C(=O)N(Cc2c(F)cccc2Cl)c2cc(C(=O)NCc3c(F)cc(F)cc3F)cc(I)c21. The van der Waals surface area contributed by atoms with Crippen molar-refractivity contribution in [1.82, 2.24) is 5.32 Å². The summed E-state index contributed by atoms with van der Waals surface area (Å²) in [5.41, 5.74) is 0.430. The molecule has 1 atom stereocenters. The van der Waals surface area contributed by atoms with E-state index in [0.29, 0.717) is 27.0 Å². The van der Waals surface area contributed by atoms with Crippen molar-refractivity contribution in [2.24, 2.45) is 0 Å². The third-order valence-electron chi connectivity index (χ3n) is 6.00. The standard InChI is InChI=1S/C25H17Cl2F4IN2O2/c1-2-25(27)22-20(32)6-12(23(35)33-10-14-18(30)8-13(28)9-19(14)31)7-21(22)34(24(25)36)11-15-16(26)4-3-5-17(15)29/h3-9H,2,10-11H2,1H3,(H,33,35). The second-order valence-corrected chi connectivity index (χ2v) is 10.3. The molecule has 1 heterocycles. The summed E-state index contributed by atoms with van der Waals surface area (Å²) in [5.74, 6) is -5.14. The molecule has 4 nitrogen and oxygen atoms in total. The fourth-order valence-corrected chi connectivity index (χ4v) is 5.85. The first-order valence-corrected chi connectivity index (χ1v) is 12.5. The Labute approximate surface area is 227 Å². The van der Waals surface area contributed by atoms with Gasteiger partial charge in [-0.25, -0.2) is 17.6 Å². The predicted molar refractivity (Wildman–Crippen MR) is 137 cm³/mol. The minimum absolute atomic E-state index is 0.0792. The van der Waals surface area contributed by atoms with Crippen LogP contribution in [0.25, 0.3) is 0 Å². The summed E-state index contributed by atoms with van der Waals surface area (Å²) in [6, 6.07) is 8.10. The summed E-state index contributed by atoms with van der Waals surface area (Å²) in [6.45, 7) is 0.974. The molecule has 0 fully saturated rings. The van der Waals surface area contributed by atoms with Crippen LogP contribution < -0.4 is 10.2 Å². The van der Waals surface area contributed by atoms with Crippen LogP contribution in [-0.4, -0.2) is 11.8 Å². The molecule has 36 heavy (non-hydrogen) atoms. The number of carbonyl (C=O) groups excluding carboxylic acids is 2. The van der Waals surface area contributed by atoms with E-state index in [1.54, 1.807) is 6.92 Å². The summed E-state index contributed by atoms with van der Waals surface area (Å²) in [4.78, 5) is 26.1. The van der Waals surface area contributed by atoms with Crippen molar-refractivity contribution in [2.75, 3.05) is 4.90 Å². The Kier molecular flexibility index (Phi) is 7.55. The van der Waals surface area contributed by atoms with E-state index >= 15 is 0 Å². The topological polar surface area (TPSA) is 49.4 Å². The molecule has 3 aromatic carbocycles. The summed E-state index contributed by atoms with van der Waals surface area (Å²) in [5, 5.41) is 2.53. The molecule has 0 radical (unpaired) electrons. The molecule has 4 rings (SSSR count). The Bertz CT molecular complexity index is 1360. The zero-order valence-electron chi connectivity index (χ0n) is 18.6. The Morgan fingerprint density at radius 3 is 2.33 bits per heavy atom. The van der Waals surface area contributed by atoms with Gasteiger partial charge >= 0.3 is 0 Å². The second kappa shape index (κ2) is 10.2. The van der Waals surface area contributed by atoms with Crippen LogP contribution in [0.15, 0.2) is 42.5 Å².